The van der Waals surface area contributed by atoms with Gasteiger partial charge in [-0.3, -0.25) is 14.5 Å². The highest BCUT2D eigenvalue weighted by Crippen LogP contribution is 2.19. The molecule has 0 aromatic rings. The van der Waals surface area contributed by atoms with Crippen molar-refractivity contribution in [2.75, 3.05) is 20.3 Å². The number of carboxylic acid groups (broad SMARTS) is 1. The zero-order valence-electron chi connectivity index (χ0n) is 10.8. The summed E-state index contributed by atoms with van der Waals surface area (Å²) in [6.45, 7) is 0.101. The van der Waals surface area contributed by atoms with E-state index >= 15 is 0 Å². The molecule has 2 saturated heterocycles. The number of amides is 4. The summed E-state index contributed by atoms with van der Waals surface area (Å²) in [6, 6.07) is -1.76. The third kappa shape index (κ3) is 2.44. The Morgan fingerprint density at radius 3 is 2.60 bits per heavy atom. The molecule has 2 unspecified atom stereocenters. The molecule has 0 aliphatic carbocycles. The Morgan fingerprint density at radius 1 is 1.45 bits per heavy atom. The number of carbonyl (C=O) groups excluding carboxylic acids is 3. The van der Waals surface area contributed by atoms with Crippen LogP contribution in [0.3, 0.4) is 0 Å². The summed E-state index contributed by atoms with van der Waals surface area (Å²) in [5, 5.41) is 13.8. The van der Waals surface area contributed by atoms with Gasteiger partial charge in [0.05, 0.1) is 13.0 Å². The lowest BCUT2D eigenvalue weighted by Gasteiger charge is -2.24. The lowest BCUT2D eigenvalue weighted by atomic mass is 9.99. The highest BCUT2D eigenvalue weighted by molar-refractivity contribution is 6.06. The number of hydrogen-bond donors (Lipinski definition) is 3. The Hall–Kier alpha value is -2.16. The van der Waals surface area contributed by atoms with E-state index in [1.54, 1.807) is 0 Å². The quantitative estimate of drug-likeness (QED) is 0.530. The summed E-state index contributed by atoms with van der Waals surface area (Å²) in [4.78, 5) is 46.9. The number of ether oxygens (including phenoxy) is 1. The minimum absolute atomic E-state index is 0.126. The maximum atomic E-state index is 11.8. The summed E-state index contributed by atoms with van der Waals surface area (Å²) >= 11 is 0. The van der Waals surface area contributed by atoms with Gasteiger partial charge in [-0.2, -0.15) is 0 Å². The van der Waals surface area contributed by atoms with E-state index in [0.717, 1.165) is 4.90 Å². The lowest BCUT2D eigenvalue weighted by Crippen LogP contribution is -2.59. The number of rotatable bonds is 3. The summed E-state index contributed by atoms with van der Waals surface area (Å²) in [7, 11) is 1.33. The van der Waals surface area contributed by atoms with E-state index in [1.807, 2.05) is 0 Å². The highest BCUT2D eigenvalue weighted by Gasteiger charge is 2.45. The molecule has 2 fully saturated rings. The van der Waals surface area contributed by atoms with Crippen molar-refractivity contribution in [1.29, 1.82) is 0 Å². The van der Waals surface area contributed by atoms with Gasteiger partial charge in [0.15, 0.2) is 5.54 Å². The van der Waals surface area contributed by atoms with Gasteiger partial charge in [-0.1, -0.05) is 0 Å². The molecular weight excluding hydrogens is 270 g/mol. The maximum Gasteiger partial charge on any atom is 0.332 e. The van der Waals surface area contributed by atoms with Crippen LogP contribution in [0.1, 0.15) is 12.8 Å². The highest BCUT2D eigenvalue weighted by atomic mass is 16.5. The molecular formula is C11H15N3O6. The van der Waals surface area contributed by atoms with Crippen LogP contribution in [-0.2, 0) is 19.1 Å². The van der Waals surface area contributed by atoms with Crippen molar-refractivity contribution in [3.8, 4) is 0 Å². The second-order valence-electron chi connectivity index (χ2n) is 4.84. The van der Waals surface area contributed by atoms with Crippen LogP contribution in [0.25, 0.3) is 0 Å². The molecule has 9 nitrogen and oxygen atoms in total. The summed E-state index contributed by atoms with van der Waals surface area (Å²) in [5.74, 6) is -2.11. The molecule has 0 saturated carbocycles. The average Bonchev–Trinajstić information content (AvgIpc) is 2.93. The van der Waals surface area contributed by atoms with Crippen LogP contribution in [0.2, 0.25) is 0 Å². The van der Waals surface area contributed by atoms with E-state index in [1.165, 1.54) is 7.05 Å². The monoisotopic (exact) mass is 285 g/mol. The normalized spacial score (nSPS) is 29.6. The van der Waals surface area contributed by atoms with Gasteiger partial charge in [-0.05, 0) is 0 Å². The number of likely N-dealkylation sites (N-methyl/N-ethyl adjacent to an activating group) is 1. The molecule has 110 valence electrons. The Labute approximate surface area is 114 Å². The molecule has 0 bridgehead atoms. The van der Waals surface area contributed by atoms with Gasteiger partial charge < -0.3 is 20.5 Å². The van der Waals surface area contributed by atoms with Crippen LogP contribution in [0, 0.1) is 0 Å². The van der Waals surface area contributed by atoms with E-state index in [9.17, 15) is 19.2 Å². The molecule has 2 rings (SSSR count). The maximum absolute atomic E-state index is 11.8. The van der Waals surface area contributed by atoms with Crippen molar-refractivity contribution >= 4 is 23.8 Å². The smallest absolute Gasteiger partial charge is 0.332 e. The van der Waals surface area contributed by atoms with Gasteiger partial charge in [0.1, 0.15) is 6.04 Å². The molecule has 0 radical (unpaired) electrons. The Kier molecular flexibility index (Phi) is 3.62. The Morgan fingerprint density at radius 2 is 2.15 bits per heavy atom. The van der Waals surface area contributed by atoms with E-state index < -0.39 is 35.4 Å². The number of carbonyl (C=O) groups is 4. The molecule has 20 heavy (non-hydrogen) atoms. The van der Waals surface area contributed by atoms with Crippen molar-refractivity contribution in [3.05, 3.63) is 0 Å². The molecule has 2 aliphatic heterocycles. The van der Waals surface area contributed by atoms with E-state index in [-0.39, 0.29) is 26.1 Å². The second kappa shape index (κ2) is 5.08. The minimum atomic E-state index is -1.48. The number of nitrogens with zero attached hydrogens (tertiary/aromatic N) is 1. The van der Waals surface area contributed by atoms with Crippen molar-refractivity contribution in [3.63, 3.8) is 0 Å². The second-order valence-corrected chi connectivity index (χ2v) is 4.84. The molecule has 3 N–H and O–H groups in total. The largest absolute Gasteiger partial charge is 0.479 e. The topological polar surface area (TPSA) is 125 Å². The van der Waals surface area contributed by atoms with Crippen molar-refractivity contribution in [2.24, 2.45) is 0 Å². The van der Waals surface area contributed by atoms with Gasteiger partial charge in [0, 0.05) is 20.1 Å². The predicted molar refractivity (Wildman–Crippen MR) is 63.7 cm³/mol. The Balaban J connectivity index is 1.97. The fraction of sp³-hybridized carbons (Fsp3) is 0.636. The predicted octanol–water partition coefficient (Wildman–Crippen LogP) is -1.71. The number of imide groups is 1. The number of carboxylic acids is 1. The first-order valence-corrected chi connectivity index (χ1v) is 6.06. The average molecular weight is 285 g/mol. The van der Waals surface area contributed by atoms with Gasteiger partial charge in [0.25, 0.3) is 5.91 Å². The van der Waals surface area contributed by atoms with Crippen molar-refractivity contribution in [2.45, 2.75) is 24.4 Å². The molecule has 2 atom stereocenters. The van der Waals surface area contributed by atoms with Crippen molar-refractivity contribution < 1.29 is 29.0 Å². The number of hydrogen-bond acceptors (Lipinski definition) is 5. The van der Waals surface area contributed by atoms with Crippen LogP contribution in [-0.4, -0.2) is 65.7 Å². The lowest BCUT2D eigenvalue weighted by molar-refractivity contribution is -0.144. The third-order valence-corrected chi connectivity index (χ3v) is 3.47. The van der Waals surface area contributed by atoms with Crippen LogP contribution in [0.15, 0.2) is 0 Å². The van der Waals surface area contributed by atoms with Gasteiger partial charge in [-0.15, -0.1) is 0 Å². The first-order valence-electron chi connectivity index (χ1n) is 6.06. The molecule has 0 spiro atoms. The van der Waals surface area contributed by atoms with Crippen molar-refractivity contribution in [1.82, 2.24) is 15.5 Å². The molecule has 4 amide bonds. The molecule has 2 aliphatic rings. The van der Waals surface area contributed by atoms with Crippen LogP contribution < -0.4 is 10.6 Å². The van der Waals surface area contributed by atoms with Gasteiger partial charge in [0.2, 0.25) is 5.91 Å². The number of aliphatic carboxylic acids is 1. The van der Waals surface area contributed by atoms with Gasteiger partial charge >= 0.3 is 12.0 Å². The fourth-order valence-corrected chi connectivity index (χ4v) is 2.17. The van der Waals surface area contributed by atoms with E-state index in [4.69, 9.17) is 9.84 Å². The summed E-state index contributed by atoms with van der Waals surface area (Å²) < 4.78 is 5.00. The summed E-state index contributed by atoms with van der Waals surface area (Å²) in [6.07, 6.45) is 0.0204. The molecule has 0 aromatic carbocycles. The van der Waals surface area contributed by atoms with Crippen LogP contribution in [0.5, 0.6) is 0 Å². The third-order valence-electron chi connectivity index (χ3n) is 3.47. The van der Waals surface area contributed by atoms with Crippen LogP contribution >= 0.6 is 0 Å². The number of urea groups is 1. The standard InChI is InChI=1S/C11H15N3O6/c1-14-7(15)4-6(8(14)16)12-10(19)13-11(9(17)18)2-3-20-5-11/h6H,2-5H2,1H3,(H,17,18)(H2,12,13,19). The zero-order valence-corrected chi connectivity index (χ0v) is 10.8. The molecule has 9 heteroatoms. The molecule has 0 aromatic heterocycles. The minimum Gasteiger partial charge on any atom is -0.479 e. The zero-order chi connectivity index (χ0) is 14.9. The fourth-order valence-electron chi connectivity index (χ4n) is 2.17. The van der Waals surface area contributed by atoms with E-state index in [2.05, 4.69) is 10.6 Å². The Bertz CT molecular complexity index is 471. The van der Waals surface area contributed by atoms with Crippen LogP contribution in [0.4, 0.5) is 4.79 Å². The number of nitrogens with one attached hydrogen (secondary N) is 2. The molecule has 2 heterocycles. The summed E-state index contributed by atoms with van der Waals surface area (Å²) in [5.41, 5.74) is -1.48. The van der Waals surface area contributed by atoms with E-state index in [0.29, 0.717) is 0 Å². The first-order chi connectivity index (χ1) is 9.35. The van der Waals surface area contributed by atoms with Gasteiger partial charge in [-0.25, -0.2) is 9.59 Å². The number of likely N-dealkylation sites (tertiary alicyclic amines) is 1. The SMILES string of the molecule is CN1C(=O)CC(NC(=O)NC2(C(=O)O)CCOC2)C1=O. The first kappa shape index (κ1) is 14.3.